The Morgan fingerprint density at radius 1 is 1.32 bits per heavy atom. The van der Waals surface area contributed by atoms with E-state index in [4.69, 9.17) is 21.7 Å². The highest BCUT2D eigenvalue weighted by Gasteiger charge is 2.35. The molecule has 0 saturated carbocycles. The lowest BCUT2D eigenvalue weighted by molar-refractivity contribution is -0.132. The van der Waals surface area contributed by atoms with Gasteiger partial charge in [0.15, 0.2) is 16.3 Å². The van der Waals surface area contributed by atoms with Gasteiger partial charge >= 0.3 is 0 Å². The van der Waals surface area contributed by atoms with Crippen molar-refractivity contribution in [3.8, 4) is 17.4 Å². The van der Waals surface area contributed by atoms with Gasteiger partial charge in [-0.05, 0) is 36.3 Å². The van der Waals surface area contributed by atoms with E-state index in [2.05, 4.69) is 10.1 Å². The Morgan fingerprint density at radius 3 is 2.84 bits per heavy atom. The molecule has 0 bridgehead atoms. The summed E-state index contributed by atoms with van der Waals surface area (Å²) in [6.07, 6.45) is 2.22. The molecule has 0 spiro atoms. The van der Waals surface area contributed by atoms with Crippen molar-refractivity contribution in [2.24, 2.45) is 5.10 Å². The number of amides is 1. The number of aromatic hydroxyl groups is 1. The van der Waals surface area contributed by atoms with E-state index >= 15 is 0 Å². The molecule has 4 rings (SSSR count). The third-order valence-electron chi connectivity index (χ3n) is 5.45. The number of carbonyl (C=O) groups excluding carboxylic acids is 1. The van der Waals surface area contributed by atoms with Crippen molar-refractivity contribution >= 4 is 23.8 Å². The number of hydrazone groups is 1. The number of rotatable bonds is 6. The molecular formula is C21H24N4O5S. The van der Waals surface area contributed by atoms with Gasteiger partial charge < -0.3 is 14.6 Å². The van der Waals surface area contributed by atoms with Crippen LogP contribution >= 0.6 is 12.2 Å². The van der Waals surface area contributed by atoms with Crippen LogP contribution in [0, 0.1) is 4.77 Å². The van der Waals surface area contributed by atoms with Crippen molar-refractivity contribution in [1.82, 2.24) is 14.6 Å². The maximum absolute atomic E-state index is 12.7. The number of nitrogens with zero attached hydrogens (tertiary/aromatic N) is 3. The minimum atomic E-state index is -0.524. The molecule has 0 saturated heterocycles. The topological polar surface area (TPSA) is 109 Å². The zero-order chi connectivity index (χ0) is 22.1. The Kier molecular flexibility index (Phi) is 5.81. The van der Waals surface area contributed by atoms with E-state index in [0.717, 1.165) is 18.4 Å². The standard InChI is InChI=1S/C21H24N4O5S/c1-3-5-8-24-20(28)18(19(27)22-21(24)31)13-10-14(25(23-13)17(26)4-2)12-6-7-15-16(9-12)30-11-29-15/h6-7,9,14,28H,3-5,8,10-11H2,1-2H3,(H,22,27,31)/t14-/m0/s1. The largest absolute Gasteiger partial charge is 0.494 e. The molecule has 0 aliphatic carbocycles. The summed E-state index contributed by atoms with van der Waals surface area (Å²) in [7, 11) is 0. The Hall–Kier alpha value is -3.14. The number of ether oxygens (including phenoxy) is 2. The van der Waals surface area contributed by atoms with Gasteiger partial charge in [0.1, 0.15) is 5.56 Å². The maximum atomic E-state index is 12.7. The second-order valence-corrected chi connectivity index (χ2v) is 7.82. The average Bonchev–Trinajstić information content (AvgIpc) is 3.39. The molecule has 1 amide bonds. The molecule has 2 aromatic rings. The Morgan fingerprint density at radius 2 is 2.10 bits per heavy atom. The van der Waals surface area contributed by atoms with E-state index in [9.17, 15) is 14.7 Å². The van der Waals surface area contributed by atoms with Crippen molar-refractivity contribution in [3.63, 3.8) is 0 Å². The molecule has 1 aromatic heterocycles. The molecule has 1 atom stereocenters. The maximum Gasteiger partial charge on any atom is 0.264 e. The summed E-state index contributed by atoms with van der Waals surface area (Å²) in [6.45, 7) is 4.40. The highest BCUT2D eigenvalue weighted by Crippen LogP contribution is 2.39. The van der Waals surface area contributed by atoms with Crippen molar-refractivity contribution in [2.45, 2.75) is 52.1 Å². The molecule has 0 radical (unpaired) electrons. The summed E-state index contributed by atoms with van der Waals surface area (Å²) in [6, 6.07) is 5.03. The molecule has 2 aliphatic rings. The first-order chi connectivity index (χ1) is 14.9. The predicted molar refractivity (Wildman–Crippen MR) is 116 cm³/mol. The van der Waals surface area contributed by atoms with Gasteiger partial charge in [0, 0.05) is 19.4 Å². The fourth-order valence-electron chi connectivity index (χ4n) is 3.78. The fraction of sp³-hybridized carbons (Fsp3) is 0.429. The average molecular weight is 445 g/mol. The van der Waals surface area contributed by atoms with Crippen LogP contribution in [0.1, 0.15) is 56.7 Å². The number of hydrogen-bond donors (Lipinski definition) is 2. The summed E-state index contributed by atoms with van der Waals surface area (Å²) in [5.74, 6) is 0.829. The molecule has 2 aliphatic heterocycles. The molecule has 31 heavy (non-hydrogen) atoms. The van der Waals surface area contributed by atoms with Crippen molar-refractivity contribution in [1.29, 1.82) is 0 Å². The van der Waals surface area contributed by atoms with Gasteiger partial charge in [-0.2, -0.15) is 5.10 Å². The molecule has 3 heterocycles. The molecule has 9 nitrogen and oxygen atoms in total. The quantitative estimate of drug-likeness (QED) is 0.662. The van der Waals surface area contributed by atoms with Crippen LogP contribution in [0.4, 0.5) is 0 Å². The molecule has 1 aromatic carbocycles. The van der Waals surface area contributed by atoms with Gasteiger partial charge in [-0.15, -0.1) is 0 Å². The summed E-state index contributed by atoms with van der Waals surface area (Å²) < 4.78 is 12.5. The van der Waals surface area contributed by atoms with E-state index < -0.39 is 11.6 Å². The first-order valence-electron chi connectivity index (χ1n) is 10.3. The number of unbranched alkanes of at least 4 members (excludes halogenated alkanes) is 1. The number of benzene rings is 1. The van der Waals surface area contributed by atoms with Crippen molar-refractivity contribution in [2.75, 3.05) is 6.79 Å². The van der Waals surface area contributed by atoms with Crippen LogP contribution in [-0.2, 0) is 11.3 Å². The minimum Gasteiger partial charge on any atom is -0.494 e. The fourth-order valence-corrected chi connectivity index (χ4v) is 4.05. The van der Waals surface area contributed by atoms with Crippen molar-refractivity contribution < 1.29 is 19.4 Å². The number of aromatic nitrogens is 2. The van der Waals surface area contributed by atoms with Gasteiger partial charge in [-0.1, -0.05) is 26.3 Å². The Labute approximate surface area is 183 Å². The second kappa shape index (κ2) is 8.54. The molecule has 0 fully saturated rings. The predicted octanol–water partition coefficient (Wildman–Crippen LogP) is 3.23. The summed E-state index contributed by atoms with van der Waals surface area (Å²) >= 11 is 5.22. The summed E-state index contributed by atoms with van der Waals surface area (Å²) in [4.78, 5) is 28.0. The number of hydrogen-bond acceptors (Lipinski definition) is 7. The number of carbonyl (C=O) groups is 1. The van der Waals surface area contributed by atoms with Crippen LogP contribution in [0.2, 0.25) is 0 Å². The van der Waals surface area contributed by atoms with Crippen LogP contribution < -0.4 is 15.0 Å². The zero-order valence-electron chi connectivity index (χ0n) is 17.4. The third-order valence-corrected chi connectivity index (χ3v) is 5.77. The highest BCUT2D eigenvalue weighted by molar-refractivity contribution is 7.71. The minimum absolute atomic E-state index is 0.0434. The number of H-pyrrole nitrogens is 1. The summed E-state index contributed by atoms with van der Waals surface area (Å²) in [5, 5.41) is 16.7. The van der Waals surface area contributed by atoms with Crippen molar-refractivity contribution in [3.05, 3.63) is 44.5 Å². The number of fused-ring (bicyclic) bond motifs is 1. The molecule has 0 unspecified atom stereocenters. The molecule has 164 valence electrons. The van der Waals surface area contributed by atoms with Crippen LogP contribution in [0.15, 0.2) is 28.1 Å². The number of nitrogens with one attached hydrogen (secondary N) is 1. The van der Waals surface area contributed by atoms with Crippen LogP contribution in [-0.4, -0.2) is 38.1 Å². The zero-order valence-corrected chi connectivity index (χ0v) is 18.2. The molecular weight excluding hydrogens is 420 g/mol. The molecule has 10 heteroatoms. The lowest BCUT2D eigenvalue weighted by Gasteiger charge is -2.21. The first kappa shape index (κ1) is 21.1. The van der Waals surface area contributed by atoms with Gasteiger partial charge in [0.2, 0.25) is 18.6 Å². The van der Waals surface area contributed by atoms with E-state index in [-0.39, 0.29) is 41.8 Å². The van der Waals surface area contributed by atoms with Crippen LogP contribution in [0.25, 0.3) is 0 Å². The van der Waals surface area contributed by atoms with E-state index in [0.29, 0.717) is 23.8 Å². The van der Waals surface area contributed by atoms with Gasteiger partial charge in [-0.3, -0.25) is 19.1 Å². The second-order valence-electron chi connectivity index (χ2n) is 7.43. The highest BCUT2D eigenvalue weighted by atomic mass is 32.1. The van der Waals surface area contributed by atoms with E-state index in [1.54, 1.807) is 13.0 Å². The van der Waals surface area contributed by atoms with Crippen LogP contribution in [0.3, 0.4) is 0 Å². The normalized spacial score (nSPS) is 17.2. The Balaban J connectivity index is 1.75. The lowest BCUT2D eigenvalue weighted by atomic mass is 9.98. The third kappa shape index (κ3) is 3.83. The van der Waals surface area contributed by atoms with Gasteiger partial charge in [0.05, 0.1) is 11.8 Å². The van der Waals surface area contributed by atoms with Gasteiger partial charge in [0.25, 0.3) is 5.56 Å². The smallest absolute Gasteiger partial charge is 0.264 e. The lowest BCUT2D eigenvalue weighted by Crippen LogP contribution is -2.26. The SMILES string of the molecule is CCCCn1c(O)c(C2=NN(C(=O)CC)[C@H](c3ccc4c(c3)OCO4)C2)c(=O)[nH]c1=S. The van der Waals surface area contributed by atoms with Crippen LogP contribution in [0.5, 0.6) is 17.4 Å². The van der Waals surface area contributed by atoms with E-state index in [1.165, 1.54) is 9.58 Å². The summed E-state index contributed by atoms with van der Waals surface area (Å²) in [5.41, 5.74) is 0.661. The van der Waals surface area contributed by atoms with Gasteiger partial charge in [-0.25, -0.2) is 5.01 Å². The Bertz CT molecular complexity index is 1170. The van der Waals surface area contributed by atoms with E-state index in [1.807, 2.05) is 19.1 Å². The number of aromatic amines is 1. The first-order valence-corrected chi connectivity index (χ1v) is 10.7. The monoisotopic (exact) mass is 444 g/mol. The molecule has 2 N–H and O–H groups in total.